The summed E-state index contributed by atoms with van der Waals surface area (Å²) in [5.74, 6) is 1.78. The molecule has 1 aliphatic heterocycles. The van der Waals surface area contributed by atoms with Crippen molar-refractivity contribution < 1.29 is 9.84 Å². The zero-order chi connectivity index (χ0) is 18.1. The van der Waals surface area contributed by atoms with Crippen LogP contribution < -0.4 is 10.6 Å². The Morgan fingerprint density at radius 2 is 2.04 bits per heavy atom. The Morgan fingerprint density at radius 3 is 2.60 bits per heavy atom. The highest BCUT2D eigenvalue weighted by Crippen LogP contribution is 2.31. The van der Waals surface area contributed by atoms with Gasteiger partial charge in [0.2, 0.25) is 0 Å². The lowest BCUT2D eigenvalue weighted by Crippen LogP contribution is -2.45. The molecule has 5 heteroatoms. The van der Waals surface area contributed by atoms with Gasteiger partial charge >= 0.3 is 0 Å². The van der Waals surface area contributed by atoms with E-state index >= 15 is 0 Å². The Labute approximate surface area is 151 Å². The molecule has 0 bridgehead atoms. The van der Waals surface area contributed by atoms with Gasteiger partial charge in [-0.25, -0.2) is 0 Å². The van der Waals surface area contributed by atoms with Gasteiger partial charge in [0.25, 0.3) is 0 Å². The average Bonchev–Trinajstić information content (AvgIpc) is 3.07. The first-order valence-corrected chi connectivity index (χ1v) is 9.28. The van der Waals surface area contributed by atoms with E-state index in [-0.39, 0.29) is 12.0 Å². The number of guanidine groups is 1. The first-order chi connectivity index (χ1) is 12.1. The predicted molar refractivity (Wildman–Crippen MR) is 103 cm³/mol. The molecule has 1 saturated heterocycles. The van der Waals surface area contributed by atoms with E-state index in [0.29, 0.717) is 18.4 Å². The van der Waals surface area contributed by atoms with E-state index in [1.807, 2.05) is 0 Å². The third-order valence-corrected chi connectivity index (χ3v) is 5.20. The molecule has 25 heavy (non-hydrogen) atoms. The van der Waals surface area contributed by atoms with Crippen LogP contribution in [-0.2, 0) is 4.74 Å². The fraction of sp³-hybridized carbons (Fsp3) is 0.650. The van der Waals surface area contributed by atoms with Crippen LogP contribution in [0.3, 0.4) is 0 Å². The van der Waals surface area contributed by atoms with Gasteiger partial charge < -0.3 is 20.5 Å². The third-order valence-electron chi connectivity index (χ3n) is 5.20. The van der Waals surface area contributed by atoms with E-state index < -0.39 is 0 Å². The summed E-state index contributed by atoms with van der Waals surface area (Å²) in [7, 11) is 1.80. The minimum atomic E-state index is 0.0171. The first kappa shape index (κ1) is 19.7. The van der Waals surface area contributed by atoms with Crippen molar-refractivity contribution in [3.05, 3.63) is 35.9 Å². The number of hydrogen-bond acceptors (Lipinski definition) is 3. The number of rotatable bonds is 8. The van der Waals surface area contributed by atoms with Crippen LogP contribution in [0, 0.1) is 11.3 Å². The molecule has 2 rings (SSSR count). The summed E-state index contributed by atoms with van der Waals surface area (Å²) in [6.45, 7) is 7.78. The van der Waals surface area contributed by atoms with Crippen LogP contribution >= 0.6 is 0 Å². The van der Waals surface area contributed by atoms with Gasteiger partial charge in [-0.15, -0.1) is 0 Å². The van der Waals surface area contributed by atoms with E-state index in [9.17, 15) is 5.11 Å². The van der Waals surface area contributed by atoms with Crippen molar-refractivity contribution in [2.75, 3.05) is 40.0 Å². The van der Waals surface area contributed by atoms with E-state index in [1.165, 1.54) is 5.56 Å². The number of ether oxygens (including phenoxy) is 1. The molecule has 2 atom stereocenters. The fourth-order valence-corrected chi connectivity index (χ4v) is 3.45. The predicted octanol–water partition coefficient (Wildman–Crippen LogP) is 2.38. The number of nitrogens with one attached hydrogen (secondary N) is 2. The van der Waals surface area contributed by atoms with Crippen molar-refractivity contribution >= 4 is 5.96 Å². The van der Waals surface area contributed by atoms with Gasteiger partial charge in [0.1, 0.15) is 0 Å². The third kappa shape index (κ3) is 5.72. The number of hydrogen-bond donors (Lipinski definition) is 3. The van der Waals surface area contributed by atoms with Gasteiger partial charge in [0, 0.05) is 44.7 Å². The van der Waals surface area contributed by atoms with Gasteiger partial charge in [-0.2, -0.15) is 0 Å². The second kappa shape index (κ2) is 9.78. The number of aliphatic imine (C=N–C) groups is 1. The standard InChI is InChI=1S/C20H33N3O2/c1-16(2)18(17-7-5-4-6-8-17)13-22-19(21-3)23-14-20(9-11-24)10-12-25-15-20/h4-8,16,18,24H,9-15H2,1-3H3,(H2,21,22,23). The summed E-state index contributed by atoms with van der Waals surface area (Å²) >= 11 is 0. The lowest BCUT2D eigenvalue weighted by Gasteiger charge is -2.28. The Morgan fingerprint density at radius 1 is 1.28 bits per heavy atom. The van der Waals surface area contributed by atoms with Gasteiger partial charge in [-0.1, -0.05) is 44.2 Å². The minimum Gasteiger partial charge on any atom is -0.396 e. The zero-order valence-electron chi connectivity index (χ0n) is 15.8. The summed E-state index contributed by atoms with van der Waals surface area (Å²) in [4.78, 5) is 4.36. The largest absolute Gasteiger partial charge is 0.396 e. The average molecular weight is 348 g/mol. The number of aliphatic hydroxyl groups excluding tert-OH is 1. The normalized spacial score (nSPS) is 22.2. The number of aliphatic hydroxyl groups is 1. The molecule has 0 aliphatic carbocycles. The van der Waals surface area contributed by atoms with Crippen molar-refractivity contribution in [1.82, 2.24) is 10.6 Å². The van der Waals surface area contributed by atoms with Crippen LogP contribution in [0.25, 0.3) is 0 Å². The molecule has 0 aromatic heterocycles. The maximum absolute atomic E-state index is 9.35. The van der Waals surface area contributed by atoms with E-state index in [2.05, 4.69) is 59.8 Å². The van der Waals surface area contributed by atoms with Crippen molar-refractivity contribution in [3.8, 4) is 0 Å². The molecule has 0 radical (unpaired) electrons. The summed E-state index contributed by atoms with van der Waals surface area (Å²) in [6, 6.07) is 10.6. The van der Waals surface area contributed by atoms with Gasteiger partial charge in [0.15, 0.2) is 5.96 Å². The molecule has 140 valence electrons. The molecule has 0 saturated carbocycles. The highest BCUT2D eigenvalue weighted by Gasteiger charge is 2.34. The summed E-state index contributed by atoms with van der Waals surface area (Å²) in [6.07, 6.45) is 1.74. The van der Waals surface area contributed by atoms with Crippen LogP contribution in [0.2, 0.25) is 0 Å². The second-order valence-corrected chi connectivity index (χ2v) is 7.34. The van der Waals surface area contributed by atoms with Crippen molar-refractivity contribution in [3.63, 3.8) is 0 Å². The fourth-order valence-electron chi connectivity index (χ4n) is 3.45. The van der Waals surface area contributed by atoms with E-state index in [1.54, 1.807) is 7.05 Å². The Kier molecular flexibility index (Phi) is 7.72. The molecule has 1 aromatic carbocycles. The molecule has 2 unspecified atom stereocenters. The molecular weight excluding hydrogens is 314 g/mol. The van der Waals surface area contributed by atoms with Gasteiger partial charge in [-0.3, -0.25) is 4.99 Å². The highest BCUT2D eigenvalue weighted by molar-refractivity contribution is 5.79. The molecule has 0 spiro atoms. The van der Waals surface area contributed by atoms with Crippen LogP contribution in [0.15, 0.2) is 35.3 Å². The van der Waals surface area contributed by atoms with Gasteiger partial charge in [0.05, 0.1) is 6.61 Å². The van der Waals surface area contributed by atoms with Crippen LogP contribution in [-0.4, -0.2) is 51.0 Å². The smallest absolute Gasteiger partial charge is 0.191 e. The maximum atomic E-state index is 9.35. The molecule has 5 nitrogen and oxygen atoms in total. The molecule has 1 aromatic rings. The van der Waals surface area contributed by atoms with E-state index in [0.717, 1.165) is 38.5 Å². The van der Waals surface area contributed by atoms with E-state index in [4.69, 9.17) is 4.74 Å². The first-order valence-electron chi connectivity index (χ1n) is 9.28. The Balaban J connectivity index is 1.90. The highest BCUT2D eigenvalue weighted by atomic mass is 16.5. The number of nitrogens with zero attached hydrogens (tertiary/aromatic N) is 1. The maximum Gasteiger partial charge on any atom is 0.191 e. The lowest BCUT2D eigenvalue weighted by atomic mass is 9.84. The van der Waals surface area contributed by atoms with Crippen LogP contribution in [0.5, 0.6) is 0 Å². The molecule has 1 heterocycles. The summed E-state index contributed by atoms with van der Waals surface area (Å²) in [5.41, 5.74) is 1.37. The quantitative estimate of drug-likeness (QED) is 0.499. The van der Waals surface area contributed by atoms with Crippen LogP contribution in [0.1, 0.15) is 38.2 Å². The topological polar surface area (TPSA) is 65.9 Å². The zero-order valence-corrected chi connectivity index (χ0v) is 15.8. The minimum absolute atomic E-state index is 0.0171. The summed E-state index contributed by atoms with van der Waals surface area (Å²) < 4.78 is 5.56. The van der Waals surface area contributed by atoms with Crippen molar-refractivity contribution in [1.29, 1.82) is 0 Å². The molecule has 1 aliphatic rings. The Bertz CT molecular complexity index is 525. The second-order valence-electron chi connectivity index (χ2n) is 7.34. The summed E-state index contributed by atoms with van der Waals surface area (Å²) in [5, 5.41) is 16.2. The van der Waals surface area contributed by atoms with Gasteiger partial charge in [-0.05, 0) is 24.3 Å². The SMILES string of the molecule is CN=C(NCC(c1ccccc1)C(C)C)NCC1(CCO)CCOC1. The molecule has 1 fully saturated rings. The molecular formula is C20H33N3O2. The monoisotopic (exact) mass is 347 g/mol. The Hall–Kier alpha value is -1.59. The lowest BCUT2D eigenvalue weighted by molar-refractivity contribution is 0.127. The van der Waals surface area contributed by atoms with Crippen molar-refractivity contribution in [2.45, 2.75) is 32.6 Å². The van der Waals surface area contributed by atoms with Crippen molar-refractivity contribution in [2.24, 2.45) is 16.3 Å². The number of benzene rings is 1. The molecule has 0 amide bonds. The molecule has 3 N–H and O–H groups in total. The van der Waals surface area contributed by atoms with Crippen LogP contribution in [0.4, 0.5) is 0 Å².